The molecule has 1 aromatic heterocycles. The molecule has 1 atom stereocenters. The van der Waals surface area contributed by atoms with Gasteiger partial charge in [-0.15, -0.1) is 0 Å². The summed E-state index contributed by atoms with van der Waals surface area (Å²) >= 11 is 0. The fourth-order valence-corrected chi connectivity index (χ4v) is 2.35. The number of carbonyl (C=O) groups excluding carboxylic acids is 1. The minimum atomic E-state index is 0.0577. The molecular formula is C16H14N2O. The highest BCUT2D eigenvalue weighted by Gasteiger charge is 2.22. The number of anilines is 1. The van der Waals surface area contributed by atoms with Gasteiger partial charge in [0, 0.05) is 23.9 Å². The Hall–Kier alpha value is -2.47. The number of rotatable bonds is 0. The maximum absolute atomic E-state index is 11.7. The van der Waals surface area contributed by atoms with E-state index in [0.29, 0.717) is 12.1 Å². The highest BCUT2D eigenvalue weighted by molar-refractivity contribution is 5.95. The number of Topliss-reactive ketones (excluding diaryl/α,β-unsaturated/α-hetero) is 1. The van der Waals surface area contributed by atoms with E-state index in [1.54, 1.807) is 0 Å². The first-order valence-electron chi connectivity index (χ1n) is 6.32. The molecule has 0 saturated heterocycles. The summed E-state index contributed by atoms with van der Waals surface area (Å²) in [6.07, 6.45) is 3.24. The molecule has 0 fully saturated rings. The molecule has 94 valence electrons. The van der Waals surface area contributed by atoms with Gasteiger partial charge < -0.3 is 10.3 Å². The van der Waals surface area contributed by atoms with Gasteiger partial charge in [-0.05, 0) is 30.7 Å². The molecule has 0 spiro atoms. The molecule has 1 unspecified atom stereocenters. The van der Waals surface area contributed by atoms with Crippen molar-refractivity contribution in [1.82, 2.24) is 4.57 Å². The fraction of sp³-hybridized carbons (Fsp3) is 0.188. The highest BCUT2D eigenvalue weighted by atomic mass is 16.1. The van der Waals surface area contributed by atoms with Crippen molar-refractivity contribution in [3.63, 3.8) is 0 Å². The van der Waals surface area contributed by atoms with Crippen LogP contribution in [0.4, 0.5) is 5.69 Å². The van der Waals surface area contributed by atoms with E-state index < -0.39 is 0 Å². The Balaban J connectivity index is 1.93. The number of nitrogens with zero attached hydrogens (tertiary/aromatic N) is 1. The molecule has 0 aliphatic carbocycles. The summed E-state index contributed by atoms with van der Waals surface area (Å²) in [5.41, 5.74) is 8.16. The normalized spacial score (nSPS) is 17.5. The average Bonchev–Trinajstić information content (AvgIpc) is 2.90. The van der Waals surface area contributed by atoms with Gasteiger partial charge in [0.05, 0.1) is 11.7 Å². The van der Waals surface area contributed by atoms with Crippen LogP contribution in [0.5, 0.6) is 0 Å². The van der Waals surface area contributed by atoms with Gasteiger partial charge in [0.1, 0.15) is 0 Å². The van der Waals surface area contributed by atoms with Crippen LogP contribution >= 0.6 is 0 Å². The minimum Gasteiger partial charge on any atom is -0.398 e. The van der Waals surface area contributed by atoms with Gasteiger partial charge in [0.15, 0.2) is 5.78 Å². The first-order chi connectivity index (χ1) is 9.25. The van der Waals surface area contributed by atoms with Crippen LogP contribution in [0.25, 0.3) is 0 Å². The van der Waals surface area contributed by atoms with Crippen LogP contribution in [0.2, 0.25) is 0 Å². The summed E-state index contributed by atoms with van der Waals surface area (Å²) in [7, 11) is 0. The van der Waals surface area contributed by atoms with Crippen molar-refractivity contribution in [2.45, 2.75) is 18.9 Å². The summed E-state index contributed by atoms with van der Waals surface area (Å²) in [6.45, 7) is 0. The van der Waals surface area contributed by atoms with Crippen molar-refractivity contribution in [2.75, 3.05) is 5.73 Å². The standard InChI is InChI=1S/C16H14N2O/c17-14-5-2-1-4-12(14)7-8-13-9-10-16(19)15-6-3-11-18(13)15/h1-6,11,13H,9-10,17H2. The van der Waals surface area contributed by atoms with Gasteiger partial charge in [-0.25, -0.2) is 0 Å². The molecule has 2 heterocycles. The van der Waals surface area contributed by atoms with Crippen molar-refractivity contribution in [3.05, 3.63) is 53.9 Å². The number of nitrogen functional groups attached to an aromatic ring is 1. The second-order valence-corrected chi connectivity index (χ2v) is 4.63. The van der Waals surface area contributed by atoms with E-state index in [4.69, 9.17) is 5.73 Å². The number of hydrogen-bond donors (Lipinski definition) is 1. The van der Waals surface area contributed by atoms with Crippen molar-refractivity contribution >= 4 is 11.5 Å². The lowest BCUT2D eigenvalue weighted by Gasteiger charge is -2.20. The number of benzene rings is 1. The highest BCUT2D eigenvalue weighted by Crippen LogP contribution is 2.24. The Morgan fingerprint density at radius 2 is 2.05 bits per heavy atom. The van der Waals surface area contributed by atoms with Crippen LogP contribution in [0.15, 0.2) is 42.6 Å². The molecule has 1 aliphatic rings. The number of aromatic nitrogens is 1. The summed E-state index contributed by atoms with van der Waals surface area (Å²) in [6, 6.07) is 11.4. The maximum atomic E-state index is 11.7. The largest absolute Gasteiger partial charge is 0.398 e. The SMILES string of the molecule is Nc1ccccc1C#CC1CCC(=O)c2cccn21. The van der Waals surface area contributed by atoms with Crippen LogP contribution < -0.4 is 5.73 Å². The number of nitrogens with two attached hydrogens (primary N) is 1. The van der Waals surface area contributed by atoms with Gasteiger partial charge in [0.2, 0.25) is 0 Å². The topological polar surface area (TPSA) is 48.0 Å². The van der Waals surface area contributed by atoms with Crippen LogP contribution in [0.3, 0.4) is 0 Å². The Bertz CT molecular complexity index is 688. The molecule has 2 N–H and O–H groups in total. The number of fused-ring (bicyclic) bond motifs is 1. The molecule has 1 aliphatic heterocycles. The third-order valence-electron chi connectivity index (χ3n) is 3.38. The summed E-state index contributed by atoms with van der Waals surface area (Å²) < 4.78 is 1.96. The zero-order valence-corrected chi connectivity index (χ0v) is 10.5. The van der Waals surface area contributed by atoms with Crippen LogP contribution in [0.1, 0.15) is 34.9 Å². The van der Waals surface area contributed by atoms with Crippen molar-refractivity contribution in [2.24, 2.45) is 0 Å². The van der Waals surface area contributed by atoms with E-state index >= 15 is 0 Å². The Labute approximate surface area is 112 Å². The van der Waals surface area contributed by atoms with Gasteiger partial charge >= 0.3 is 0 Å². The quantitative estimate of drug-likeness (QED) is 0.577. The van der Waals surface area contributed by atoms with E-state index in [9.17, 15) is 4.79 Å². The summed E-state index contributed by atoms with van der Waals surface area (Å²) in [5, 5.41) is 0. The van der Waals surface area contributed by atoms with E-state index in [2.05, 4.69) is 11.8 Å². The smallest absolute Gasteiger partial charge is 0.179 e. The number of carbonyl (C=O) groups is 1. The number of hydrogen-bond acceptors (Lipinski definition) is 2. The minimum absolute atomic E-state index is 0.0577. The first kappa shape index (κ1) is 11.6. The zero-order valence-electron chi connectivity index (χ0n) is 10.5. The van der Waals surface area contributed by atoms with Crippen LogP contribution in [-0.2, 0) is 0 Å². The predicted octanol–water partition coefficient (Wildman–Crippen LogP) is 2.64. The molecule has 3 heteroatoms. The molecule has 0 bridgehead atoms. The lowest BCUT2D eigenvalue weighted by atomic mass is 10.0. The summed E-state index contributed by atoms with van der Waals surface area (Å²) in [4.78, 5) is 11.7. The maximum Gasteiger partial charge on any atom is 0.179 e. The van der Waals surface area contributed by atoms with Crippen molar-refractivity contribution in [1.29, 1.82) is 0 Å². The van der Waals surface area contributed by atoms with E-state index in [1.165, 1.54) is 0 Å². The molecule has 3 rings (SSSR count). The van der Waals surface area contributed by atoms with Gasteiger partial charge in [0.25, 0.3) is 0 Å². The molecule has 19 heavy (non-hydrogen) atoms. The van der Waals surface area contributed by atoms with Crippen molar-refractivity contribution < 1.29 is 4.79 Å². The molecule has 3 nitrogen and oxygen atoms in total. The van der Waals surface area contributed by atoms with Crippen LogP contribution in [-0.4, -0.2) is 10.4 Å². The Kier molecular flexibility index (Phi) is 2.85. The Morgan fingerprint density at radius 3 is 2.89 bits per heavy atom. The van der Waals surface area contributed by atoms with E-state index in [0.717, 1.165) is 17.7 Å². The van der Waals surface area contributed by atoms with Crippen molar-refractivity contribution in [3.8, 4) is 11.8 Å². The van der Waals surface area contributed by atoms with Gasteiger partial charge in [-0.2, -0.15) is 0 Å². The van der Waals surface area contributed by atoms with E-state index in [1.807, 2.05) is 47.2 Å². The Morgan fingerprint density at radius 1 is 1.21 bits per heavy atom. The van der Waals surface area contributed by atoms with Gasteiger partial charge in [-0.3, -0.25) is 4.79 Å². The first-order valence-corrected chi connectivity index (χ1v) is 6.32. The summed E-state index contributed by atoms with van der Waals surface area (Å²) in [5.74, 6) is 6.54. The molecule has 0 amide bonds. The second-order valence-electron chi connectivity index (χ2n) is 4.63. The molecule has 2 aromatic rings. The third kappa shape index (κ3) is 2.13. The van der Waals surface area contributed by atoms with Gasteiger partial charge in [-0.1, -0.05) is 24.0 Å². The average molecular weight is 250 g/mol. The molecule has 1 aromatic carbocycles. The zero-order chi connectivity index (χ0) is 13.2. The van der Waals surface area contributed by atoms with Crippen LogP contribution in [0, 0.1) is 11.8 Å². The molecule has 0 saturated carbocycles. The lowest BCUT2D eigenvalue weighted by molar-refractivity contribution is 0.0950. The lowest BCUT2D eigenvalue weighted by Crippen LogP contribution is -2.20. The monoisotopic (exact) mass is 250 g/mol. The third-order valence-corrected chi connectivity index (χ3v) is 3.38. The fourth-order valence-electron chi connectivity index (χ4n) is 2.35. The number of ketones is 1. The number of para-hydroxylation sites is 1. The predicted molar refractivity (Wildman–Crippen MR) is 74.8 cm³/mol. The van der Waals surface area contributed by atoms with E-state index in [-0.39, 0.29) is 11.8 Å². The molecule has 0 radical (unpaired) electrons. The molecular weight excluding hydrogens is 236 g/mol. The second kappa shape index (κ2) is 4.66.